The third kappa shape index (κ3) is 3.97. The molecule has 4 rings (SSSR count). The lowest BCUT2D eigenvalue weighted by atomic mass is 10.0. The normalized spacial score (nSPS) is 17.7. The highest BCUT2D eigenvalue weighted by Crippen LogP contribution is 2.40. The molecule has 0 bridgehead atoms. The summed E-state index contributed by atoms with van der Waals surface area (Å²) < 4.78 is 7.11. The van der Waals surface area contributed by atoms with Gasteiger partial charge in [-0.25, -0.2) is 4.68 Å². The molecule has 156 valence electrons. The van der Waals surface area contributed by atoms with Crippen LogP contribution in [0.1, 0.15) is 24.9 Å². The molecule has 3 aromatic rings. The Morgan fingerprint density at radius 2 is 2.07 bits per heavy atom. The van der Waals surface area contributed by atoms with E-state index in [1.54, 1.807) is 7.11 Å². The number of amides is 1. The van der Waals surface area contributed by atoms with E-state index < -0.39 is 5.25 Å². The number of rotatable bonds is 6. The smallest absolute Gasteiger partial charge is 0.236 e. The first-order valence-corrected chi connectivity index (χ1v) is 10.9. The monoisotopic (exact) mass is 443 g/mol. The van der Waals surface area contributed by atoms with Crippen molar-refractivity contribution in [2.24, 2.45) is 0 Å². The number of methoxy groups -OCH3 is 1. The third-order valence-electron chi connectivity index (χ3n) is 4.81. The third-order valence-corrected chi connectivity index (χ3v) is 6.32. The summed E-state index contributed by atoms with van der Waals surface area (Å²) in [6.07, 6.45) is 0.865. The first kappa shape index (κ1) is 20.6. The molecular weight excluding hydrogens is 422 g/mol. The van der Waals surface area contributed by atoms with Crippen LogP contribution >= 0.6 is 23.4 Å². The summed E-state index contributed by atoms with van der Waals surface area (Å²) in [4.78, 5) is 12.9. The number of halogens is 1. The minimum absolute atomic E-state index is 0.0539. The van der Waals surface area contributed by atoms with Gasteiger partial charge in [0.2, 0.25) is 11.1 Å². The van der Waals surface area contributed by atoms with Crippen molar-refractivity contribution in [1.82, 2.24) is 20.2 Å². The van der Waals surface area contributed by atoms with Crippen molar-refractivity contribution in [2.75, 3.05) is 19.1 Å². The van der Waals surface area contributed by atoms with Gasteiger partial charge in [0.1, 0.15) is 11.0 Å². The SMILES string of the molecule is CCCNC(=O)[C@@H]1Sc2nnc(-c3ccccc3)n2N[C@@H]1c1ccc(OC)c(Cl)c1. The van der Waals surface area contributed by atoms with Crippen molar-refractivity contribution >= 4 is 29.3 Å². The number of hydrogen-bond donors (Lipinski definition) is 2. The highest BCUT2D eigenvalue weighted by molar-refractivity contribution is 8.00. The summed E-state index contributed by atoms with van der Waals surface area (Å²) >= 11 is 7.76. The molecule has 1 aliphatic rings. The fourth-order valence-corrected chi connectivity index (χ4v) is 4.67. The second kappa shape index (κ2) is 8.97. The molecule has 2 atom stereocenters. The van der Waals surface area contributed by atoms with E-state index in [9.17, 15) is 4.79 Å². The lowest BCUT2D eigenvalue weighted by Crippen LogP contribution is -2.44. The number of thioether (sulfide) groups is 1. The van der Waals surface area contributed by atoms with Gasteiger partial charge in [-0.05, 0) is 24.1 Å². The van der Waals surface area contributed by atoms with Gasteiger partial charge in [0.05, 0.1) is 18.2 Å². The molecule has 0 unspecified atom stereocenters. The van der Waals surface area contributed by atoms with E-state index >= 15 is 0 Å². The first-order chi connectivity index (χ1) is 14.6. The van der Waals surface area contributed by atoms with Crippen molar-refractivity contribution < 1.29 is 9.53 Å². The molecule has 0 spiro atoms. The Balaban J connectivity index is 1.73. The first-order valence-electron chi connectivity index (χ1n) is 9.67. The van der Waals surface area contributed by atoms with Crippen molar-refractivity contribution in [3.05, 3.63) is 59.1 Å². The average molecular weight is 444 g/mol. The number of ether oxygens (including phenoxy) is 1. The van der Waals surface area contributed by atoms with Crippen LogP contribution in [0.3, 0.4) is 0 Å². The van der Waals surface area contributed by atoms with E-state index in [0.717, 1.165) is 17.5 Å². The van der Waals surface area contributed by atoms with Crippen LogP contribution in [-0.2, 0) is 4.79 Å². The molecule has 0 saturated carbocycles. The molecule has 0 radical (unpaired) electrons. The van der Waals surface area contributed by atoms with Gasteiger partial charge in [0.25, 0.3) is 0 Å². The Kier molecular flexibility index (Phi) is 6.15. The molecule has 1 amide bonds. The predicted octanol–water partition coefficient (Wildman–Crippen LogP) is 3.89. The largest absolute Gasteiger partial charge is 0.495 e. The minimum atomic E-state index is -0.429. The number of fused-ring (bicyclic) bond motifs is 1. The van der Waals surface area contributed by atoms with Crippen molar-refractivity contribution in [3.8, 4) is 17.1 Å². The molecule has 1 aliphatic heterocycles. The molecule has 0 fully saturated rings. The molecule has 30 heavy (non-hydrogen) atoms. The average Bonchev–Trinajstić information content (AvgIpc) is 3.20. The van der Waals surface area contributed by atoms with E-state index in [1.165, 1.54) is 11.8 Å². The summed E-state index contributed by atoms with van der Waals surface area (Å²) in [6, 6.07) is 15.0. The van der Waals surface area contributed by atoms with Crippen LogP contribution in [0, 0.1) is 0 Å². The number of benzene rings is 2. The maximum atomic E-state index is 12.9. The van der Waals surface area contributed by atoms with Gasteiger partial charge in [-0.15, -0.1) is 10.2 Å². The van der Waals surface area contributed by atoms with Gasteiger partial charge in [-0.1, -0.05) is 66.7 Å². The second-order valence-electron chi connectivity index (χ2n) is 6.84. The molecule has 2 N–H and O–H groups in total. The Labute approximate surface area is 184 Å². The van der Waals surface area contributed by atoms with Crippen molar-refractivity contribution in [3.63, 3.8) is 0 Å². The minimum Gasteiger partial charge on any atom is -0.495 e. The van der Waals surface area contributed by atoms with E-state index in [2.05, 4.69) is 20.9 Å². The van der Waals surface area contributed by atoms with Crippen LogP contribution in [-0.4, -0.2) is 39.7 Å². The van der Waals surface area contributed by atoms with Crippen LogP contribution in [0.2, 0.25) is 5.02 Å². The zero-order valence-electron chi connectivity index (χ0n) is 16.6. The second-order valence-corrected chi connectivity index (χ2v) is 8.35. The van der Waals surface area contributed by atoms with Crippen LogP contribution in [0.25, 0.3) is 11.4 Å². The molecule has 1 aromatic heterocycles. The van der Waals surface area contributed by atoms with Crippen LogP contribution < -0.4 is 15.5 Å². The van der Waals surface area contributed by atoms with Crippen molar-refractivity contribution in [1.29, 1.82) is 0 Å². The van der Waals surface area contributed by atoms with Crippen LogP contribution in [0.15, 0.2) is 53.7 Å². The van der Waals surface area contributed by atoms with Gasteiger partial charge in [-0.2, -0.15) is 0 Å². The summed E-state index contributed by atoms with van der Waals surface area (Å²) in [6.45, 7) is 2.64. The van der Waals surface area contributed by atoms with Gasteiger partial charge < -0.3 is 15.5 Å². The predicted molar refractivity (Wildman–Crippen MR) is 119 cm³/mol. The summed E-state index contributed by atoms with van der Waals surface area (Å²) in [5, 5.41) is 12.4. The summed E-state index contributed by atoms with van der Waals surface area (Å²) in [5.41, 5.74) is 5.26. The molecule has 0 saturated heterocycles. The maximum absolute atomic E-state index is 12.9. The molecule has 2 heterocycles. The van der Waals surface area contributed by atoms with Gasteiger partial charge in [0.15, 0.2) is 5.82 Å². The molecule has 2 aromatic carbocycles. The van der Waals surface area contributed by atoms with Gasteiger partial charge in [-0.3, -0.25) is 4.79 Å². The number of nitrogens with zero attached hydrogens (tertiary/aromatic N) is 3. The lowest BCUT2D eigenvalue weighted by Gasteiger charge is -2.33. The Hall–Kier alpha value is -2.71. The fourth-order valence-electron chi connectivity index (χ4n) is 3.30. The zero-order valence-corrected chi connectivity index (χ0v) is 18.2. The summed E-state index contributed by atoms with van der Waals surface area (Å²) in [5.74, 6) is 1.22. The zero-order chi connectivity index (χ0) is 21.1. The Morgan fingerprint density at radius 3 is 2.77 bits per heavy atom. The molecule has 9 heteroatoms. The summed E-state index contributed by atoms with van der Waals surface area (Å²) in [7, 11) is 1.58. The quantitative estimate of drug-likeness (QED) is 0.601. The highest BCUT2D eigenvalue weighted by atomic mass is 35.5. The van der Waals surface area contributed by atoms with E-state index in [0.29, 0.717) is 28.3 Å². The van der Waals surface area contributed by atoms with Gasteiger partial charge >= 0.3 is 0 Å². The number of aromatic nitrogens is 3. The van der Waals surface area contributed by atoms with Gasteiger partial charge in [0, 0.05) is 12.1 Å². The van der Waals surface area contributed by atoms with Crippen molar-refractivity contribution in [2.45, 2.75) is 29.8 Å². The topological polar surface area (TPSA) is 81.1 Å². The Bertz CT molecular complexity index is 1040. The van der Waals surface area contributed by atoms with Crippen LogP contribution in [0.4, 0.5) is 0 Å². The standard InChI is InChI=1S/C21H22ClN5O2S/c1-3-11-23-20(28)18-17(14-9-10-16(29-2)15(22)12-14)26-27-19(24-25-21(27)30-18)13-7-5-4-6-8-13/h4-10,12,17-18,26H,3,11H2,1-2H3,(H,23,28)/t17-,18-/m1/s1. The fraction of sp³-hybridized carbons (Fsp3) is 0.286. The molecule has 7 nitrogen and oxygen atoms in total. The van der Waals surface area contributed by atoms with Crippen LogP contribution in [0.5, 0.6) is 5.75 Å². The number of carbonyl (C=O) groups is 1. The highest BCUT2D eigenvalue weighted by Gasteiger charge is 2.38. The number of hydrogen-bond acceptors (Lipinski definition) is 6. The van der Waals surface area contributed by atoms with E-state index in [4.69, 9.17) is 16.3 Å². The lowest BCUT2D eigenvalue weighted by molar-refractivity contribution is -0.120. The number of carbonyl (C=O) groups excluding carboxylic acids is 1. The van der Waals surface area contributed by atoms with E-state index in [-0.39, 0.29) is 11.9 Å². The molecule has 0 aliphatic carbocycles. The maximum Gasteiger partial charge on any atom is 0.236 e. The Morgan fingerprint density at radius 1 is 1.27 bits per heavy atom. The number of nitrogens with one attached hydrogen (secondary N) is 2. The van der Waals surface area contributed by atoms with E-state index in [1.807, 2.05) is 60.1 Å². The molecular formula is C21H22ClN5O2S.